The van der Waals surface area contributed by atoms with Crippen LogP contribution in [-0.4, -0.2) is 4.57 Å². The summed E-state index contributed by atoms with van der Waals surface area (Å²) in [5.41, 5.74) is 13.2. The molecule has 0 radical (unpaired) electrons. The van der Waals surface area contributed by atoms with Crippen molar-refractivity contribution in [1.29, 1.82) is 0 Å². The Balaban J connectivity index is 1.06. The number of hydrogen-bond donors (Lipinski definition) is 0. The molecule has 0 bridgehead atoms. The van der Waals surface area contributed by atoms with Crippen molar-refractivity contribution in [1.82, 2.24) is 4.57 Å². The van der Waals surface area contributed by atoms with Crippen LogP contribution in [0, 0.1) is 0 Å². The third-order valence-corrected chi connectivity index (χ3v) is 11.0. The van der Waals surface area contributed by atoms with Gasteiger partial charge in [-0.05, 0) is 94.2 Å². The Morgan fingerprint density at radius 2 is 0.982 bits per heavy atom. The third kappa shape index (κ3) is 5.20. The topological polar surface area (TPSA) is 21.3 Å². The van der Waals surface area contributed by atoms with E-state index in [1.54, 1.807) is 0 Å². The summed E-state index contributed by atoms with van der Waals surface area (Å²) in [6, 6.07) is 74.0. The average Bonchev–Trinajstić information content (AvgIpc) is 3.78. The first kappa shape index (κ1) is 31.2. The van der Waals surface area contributed by atoms with Gasteiger partial charge in [0.2, 0.25) is 0 Å². The number of anilines is 3. The Morgan fingerprint density at radius 1 is 0.364 bits per heavy atom. The van der Waals surface area contributed by atoms with E-state index in [1.807, 2.05) is 12.1 Å². The first-order valence-electron chi connectivity index (χ1n) is 18.8. The number of fused-ring (bicyclic) bond motifs is 7. The van der Waals surface area contributed by atoms with Crippen molar-refractivity contribution in [3.05, 3.63) is 206 Å². The minimum absolute atomic E-state index is 0.868. The van der Waals surface area contributed by atoms with Crippen LogP contribution in [0.1, 0.15) is 0 Å². The van der Waals surface area contributed by atoms with Gasteiger partial charge < -0.3 is 13.9 Å². The van der Waals surface area contributed by atoms with Gasteiger partial charge in [0.15, 0.2) is 0 Å². The Bertz CT molecular complexity index is 3190. The molecule has 0 fully saturated rings. The first-order valence-corrected chi connectivity index (χ1v) is 18.8. The van der Waals surface area contributed by atoms with E-state index in [0.29, 0.717) is 0 Å². The van der Waals surface area contributed by atoms with Crippen LogP contribution in [0.5, 0.6) is 0 Å². The molecule has 0 amide bonds. The summed E-state index contributed by atoms with van der Waals surface area (Å²) in [5, 5.41) is 7.23. The van der Waals surface area contributed by atoms with Crippen LogP contribution in [0.4, 0.5) is 17.1 Å². The van der Waals surface area contributed by atoms with Crippen molar-refractivity contribution in [2.75, 3.05) is 4.90 Å². The number of nitrogens with zero attached hydrogens (tertiary/aromatic N) is 2. The van der Waals surface area contributed by atoms with Crippen LogP contribution in [0.3, 0.4) is 0 Å². The molecule has 2 aromatic heterocycles. The van der Waals surface area contributed by atoms with Crippen LogP contribution < -0.4 is 4.90 Å². The van der Waals surface area contributed by atoms with Crippen LogP contribution in [0.25, 0.3) is 82.5 Å². The highest BCUT2D eigenvalue weighted by Gasteiger charge is 2.20. The Kier molecular flexibility index (Phi) is 7.17. The van der Waals surface area contributed by atoms with Gasteiger partial charge in [-0.3, -0.25) is 0 Å². The van der Waals surface area contributed by atoms with Crippen LogP contribution >= 0.6 is 0 Å². The number of furan rings is 1. The maximum atomic E-state index is 6.40. The maximum absolute atomic E-state index is 6.40. The summed E-state index contributed by atoms with van der Waals surface area (Å²) in [6.45, 7) is 0. The molecule has 11 aromatic rings. The zero-order valence-electron chi connectivity index (χ0n) is 29.9. The fourth-order valence-corrected chi connectivity index (χ4v) is 8.35. The van der Waals surface area contributed by atoms with Crippen molar-refractivity contribution >= 4 is 71.6 Å². The quantitative estimate of drug-likeness (QED) is 0.172. The largest absolute Gasteiger partial charge is 0.456 e. The van der Waals surface area contributed by atoms with E-state index in [0.717, 1.165) is 55.8 Å². The molecule has 0 N–H and O–H groups in total. The molecule has 0 saturated carbocycles. The highest BCUT2D eigenvalue weighted by Crippen LogP contribution is 2.43. The predicted octanol–water partition coefficient (Wildman–Crippen LogP) is 14.6. The van der Waals surface area contributed by atoms with E-state index >= 15 is 0 Å². The molecule has 55 heavy (non-hydrogen) atoms. The summed E-state index contributed by atoms with van der Waals surface area (Å²) in [6.07, 6.45) is 0. The highest BCUT2D eigenvalue weighted by atomic mass is 16.3. The van der Waals surface area contributed by atoms with Crippen LogP contribution in [0.2, 0.25) is 0 Å². The summed E-state index contributed by atoms with van der Waals surface area (Å²) in [7, 11) is 0. The molecule has 0 saturated heterocycles. The smallest absolute Gasteiger partial charge is 0.137 e. The first-order chi connectivity index (χ1) is 27.3. The highest BCUT2D eigenvalue weighted by molar-refractivity contribution is 6.14. The molecule has 11 rings (SSSR count). The lowest BCUT2D eigenvalue weighted by atomic mass is 10.00. The molecule has 0 atom stereocenters. The summed E-state index contributed by atoms with van der Waals surface area (Å²) >= 11 is 0. The monoisotopic (exact) mass is 702 g/mol. The Labute approximate surface area is 318 Å². The Morgan fingerprint density at radius 3 is 1.82 bits per heavy atom. The van der Waals surface area contributed by atoms with Gasteiger partial charge >= 0.3 is 0 Å². The second kappa shape index (κ2) is 12.6. The maximum Gasteiger partial charge on any atom is 0.137 e. The van der Waals surface area contributed by atoms with Gasteiger partial charge in [-0.2, -0.15) is 0 Å². The molecule has 9 aromatic carbocycles. The van der Waals surface area contributed by atoms with Crippen molar-refractivity contribution in [2.24, 2.45) is 0 Å². The molecule has 3 heteroatoms. The van der Waals surface area contributed by atoms with E-state index in [9.17, 15) is 0 Å². The van der Waals surface area contributed by atoms with Gasteiger partial charge in [-0.25, -0.2) is 0 Å². The fourth-order valence-electron chi connectivity index (χ4n) is 8.35. The molecular formula is C52H34N2O. The molecule has 0 aliphatic carbocycles. The van der Waals surface area contributed by atoms with Gasteiger partial charge in [0, 0.05) is 50.2 Å². The van der Waals surface area contributed by atoms with E-state index in [2.05, 4.69) is 204 Å². The van der Waals surface area contributed by atoms with E-state index in [-0.39, 0.29) is 0 Å². The van der Waals surface area contributed by atoms with Crippen LogP contribution in [0.15, 0.2) is 211 Å². The molecule has 2 heterocycles. The summed E-state index contributed by atoms with van der Waals surface area (Å²) in [4.78, 5) is 2.35. The van der Waals surface area contributed by atoms with Crippen molar-refractivity contribution in [2.45, 2.75) is 0 Å². The molecule has 3 nitrogen and oxygen atoms in total. The van der Waals surface area contributed by atoms with Crippen LogP contribution in [-0.2, 0) is 0 Å². The average molecular weight is 703 g/mol. The third-order valence-electron chi connectivity index (χ3n) is 11.0. The van der Waals surface area contributed by atoms with E-state index in [4.69, 9.17) is 4.42 Å². The second-order valence-electron chi connectivity index (χ2n) is 14.2. The lowest BCUT2D eigenvalue weighted by Gasteiger charge is -2.28. The SMILES string of the molecule is c1ccc(-c2ccccc2N(c2ccc(-c3ccc4c5cc6ccccc6cc5n(-c5ccccc5)c4c3)cc2)c2ccc3c(c2)oc2ccccc23)cc1. The summed E-state index contributed by atoms with van der Waals surface area (Å²) in [5.74, 6) is 0. The van der Waals surface area contributed by atoms with E-state index < -0.39 is 0 Å². The fraction of sp³-hybridized carbons (Fsp3) is 0. The van der Waals surface area contributed by atoms with Gasteiger partial charge in [0.1, 0.15) is 11.2 Å². The summed E-state index contributed by atoms with van der Waals surface area (Å²) < 4.78 is 8.81. The number of aromatic nitrogens is 1. The van der Waals surface area contributed by atoms with Gasteiger partial charge in [-0.1, -0.05) is 133 Å². The minimum Gasteiger partial charge on any atom is -0.456 e. The molecule has 0 spiro atoms. The van der Waals surface area contributed by atoms with Gasteiger partial charge in [-0.15, -0.1) is 0 Å². The lowest BCUT2D eigenvalue weighted by Crippen LogP contribution is -2.11. The zero-order chi connectivity index (χ0) is 36.3. The normalized spacial score (nSPS) is 11.6. The molecule has 0 aliphatic rings. The standard InChI is InChI=1S/C52H34N2O/c1-3-13-36(14-4-1)43-19-9-11-21-48(43)53(42-28-30-46-45-20-10-12-22-51(45)55-52(46)34-42)41-26-23-35(24-27-41)39-25-29-44-47-31-37-15-7-8-16-38(37)32-50(47)54(49(44)33-39)40-17-5-2-6-18-40/h1-34H. The molecule has 258 valence electrons. The number of rotatable bonds is 6. The van der Waals surface area contributed by atoms with Gasteiger partial charge in [0.05, 0.1) is 16.7 Å². The number of hydrogen-bond acceptors (Lipinski definition) is 2. The number of para-hydroxylation sites is 3. The molecule has 0 unspecified atom stereocenters. The van der Waals surface area contributed by atoms with Crippen molar-refractivity contribution in [3.8, 4) is 27.9 Å². The minimum atomic E-state index is 0.868. The zero-order valence-corrected chi connectivity index (χ0v) is 29.9. The molecule has 0 aliphatic heterocycles. The van der Waals surface area contributed by atoms with Crippen molar-refractivity contribution in [3.63, 3.8) is 0 Å². The lowest BCUT2D eigenvalue weighted by molar-refractivity contribution is 0.669. The van der Waals surface area contributed by atoms with E-state index in [1.165, 1.54) is 43.7 Å². The second-order valence-corrected chi connectivity index (χ2v) is 14.2. The molecular weight excluding hydrogens is 669 g/mol. The predicted molar refractivity (Wildman–Crippen MR) is 231 cm³/mol. The van der Waals surface area contributed by atoms with Gasteiger partial charge in [0.25, 0.3) is 0 Å². The number of benzene rings is 9. The Hall–Kier alpha value is -7.36. The van der Waals surface area contributed by atoms with Crippen molar-refractivity contribution < 1.29 is 4.42 Å².